The number of ether oxygens (including phenoxy) is 2. The van der Waals surface area contributed by atoms with Crippen LogP contribution in [0.25, 0.3) is 11.0 Å². The number of carbonyl (C=O) groups excluding carboxylic acids is 1. The van der Waals surface area contributed by atoms with Crippen LogP contribution in [0.5, 0.6) is 11.5 Å². The molecule has 0 spiro atoms. The van der Waals surface area contributed by atoms with E-state index in [1.807, 2.05) is 20.8 Å². The molecule has 7 atom stereocenters. The molecule has 0 bridgehead atoms. The summed E-state index contributed by atoms with van der Waals surface area (Å²) in [6, 6.07) is 1.52. The molecule has 192 valence electrons. The lowest BCUT2D eigenvalue weighted by Gasteiger charge is -2.61. The van der Waals surface area contributed by atoms with Crippen molar-refractivity contribution in [3.05, 3.63) is 23.5 Å². The number of furan rings is 1. The van der Waals surface area contributed by atoms with Gasteiger partial charge in [-0.1, -0.05) is 20.8 Å². The molecule has 2 fully saturated rings. The van der Waals surface area contributed by atoms with Gasteiger partial charge in [0.05, 0.1) is 35.0 Å². The molecule has 5 rings (SSSR count). The maximum absolute atomic E-state index is 12.9. The second kappa shape index (κ2) is 7.95. The summed E-state index contributed by atoms with van der Waals surface area (Å²) in [5.41, 5.74) is -0.942. The third-order valence-electron chi connectivity index (χ3n) is 9.18. The number of Topliss-reactive ketones (excluding diaryl/α,β-unsaturated/α-hetero) is 1. The highest BCUT2D eigenvalue weighted by Gasteiger charge is 2.63. The van der Waals surface area contributed by atoms with Crippen LogP contribution in [0.15, 0.2) is 16.7 Å². The van der Waals surface area contributed by atoms with E-state index in [0.29, 0.717) is 47.1 Å². The number of rotatable bonds is 4. The van der Waals surface area contributed by atoms with Gasteiger partial charge in [-0.15, -0.1) is 0 Å². The van der Waals surface area contributed by atoms with Crippen LogP contribution in [0.3, 0.4) is 0 Å². The van der Waals surface area contributed by atoms with Crippen molar-refractivity contribution in [2.24, 2.45) is 17.3 Å². The first-order valence-electron chi connectivity index (χ1n) is 12.9. The SMILES string of the molecule is CCC(C)C(=O)c1coc2c3c(c(O)cc12)[C@@H](O)[C@@H]1[C@@]2(C)CC[C@H](C(C)(C)O)O[C@@H]2CC[C@@]1(C)O3. The van der Waals surface area contributed by atoms with E-state index in [-0.39, 0.29) is 35.6 Å². The second-order valence-corrected chi connectivity index (χ2v) is 12.0. The van der Waals surface area contributed by atoms with Crippen molar-refractivity contribution >= 4 is 16.8 Å². The Bertz CT molecular complexity index is 1160. The maximum Gasteiger partial charge on any atom is 0.177 e. The van der Waals surface area contributed by atoms with Crippen LogP contribution < -0.4 is 4.74 Å². The van der Waals surface area contributed by atoms with Gasteiger partial charge in [0.25, 0.3) is 0 Å². The Hall–Kier alpha value is -2.09. The van der Waals surface area contributed by atoms with E-state index in [0.717, 1.165) is 12.8 Å². The fourth-order valence-corrected chi connectivity index (χ4v) is 6.95. The van der Waals surface area contributed by atoms with Gasteiger partial charge in [-0.05, 0) is 58.9 Å². The molecule has 1 saturated heterocycles. The fourth-order valence-electron chi connectivity index (χ4n) is 6.95. The van der Waals surface area contributed by atoms with Crippen LogP contribution in [0.4, 0.5) is 0 Å². The second-order valence-electron chi connectivity index (χ2n) is 12.0. The predicted octanol–water partition coefficient (Wildman–Crippen LogP) is 5.29. The highest BCUT2D eigenvalue weighted by molar-refractivity contribution is 6.09. The van der Waals surface area contributed by atoms with Crippen LogP contribution in [0.2, 0.25) is 0 Å². The largest absolute Gasteiger partial charge is 0.507 e. The number of hydrogen-bond acceptors (Lipinski definition) is 7. The van der Waals surface area contributed by atoms with Crippen LogP contribution in [-0.4, -0.2) is 44.5 Å². The molecule has 0 amide bonds. The third kappa shape index (κ3) is 3.53. The molecule has 2 aliphatic heterocycles. The standard InChI is InChI=1S/C28H38O7/c1-7-14(2)21(30)16-13-33-23-15(16)12-17(29)20-22(31)25-27(5)10-8-18(26(3,4)32)34-19(27)9-11-28(25,6)35-24(20)23/h12-14,18-19,22,25,29,31-32H,7-11H2,1-6H3/t14?,18-,19-,22-,25-,27+,28-/m1/s1. The fraction of sp³-hybridized carbons (Fsp3) is 0.679. The van der Waals surface area contributed by atoms with Crippen molar-refractivity contribution < 1.29 is 34.0 Å². The zero-order valence-electron chi connectivity index (χ0n) is 21.6. The van der Waals surface area contributed by atoms with Crippen molar-refractivity contribution in [1.29, 1.82) is 0 Å². The molecular formula is C28H38O7. The molecule has 1 aromatic carbocycles. The number of aliphatic hydroxyl groups is 2. The van der Waals surface area contributed by atoms with E-state index >= 15 is 0 Å². The molecule has 3 N–H and O–H groups in total. The van der Waals surface area contributed by atoms with Crippen molar-refractivity contribution in [3.8, 4) is 11.5 Å². The summed E-state index contributed by atoms with van der Waals surface area (Å²) in [6.45, 7) is 11.5. The molecule has 3 heterocycles. The van der Waals surface area contributed by atoms with Crippen molar-refractivity contribution in [2.45, 2.75) is 103 Å². The Kier molecular flexibility index (Phi) is 5.59. The summed E-state index contributed by atoms with van der Waals surface area (Å²) in [6.07, 6.45) is 3.55. The molecule has 2 aromatic rings. The maximum atomic E-state index is 12.9. The lowest BCUT2D eigenvalue weighted by molar-refractivity contribution is -0.256. The number of hydrogen-bond donors (Lipinski definition) is 3. The number of benzene rings is 1. The summed E-state index contributed by atoms with van der Waals surface area (Å²) in [5.74, 6) is -0.319. The van der Waals surface area contributed by atoms with Gasteiger partial charge in [-0.3, -0.25) is 4.79 Å². The minimum absolute atomic E-state index is 0.0419. The molecule has 1 unspecified atom stereocenters. The quantitative estimate of drug-likeness (QED) is 0.504. The van der Waals surface area contributed by atoms with E-state index in [1.165, 1.54) is 12.3 Å². The van der Waals surface area contributed by atoms with Gasteiger partial charge < -0.3 is 29.2 Å². The van der Waals surface area contributed by atoms with Crippen LogP contribution in [-0.2, 0) is 4.74 Å². The van der Waals surface area contributed by atoms with Crippen LogP contribution in [0.1, 0.15) is 95.7 Å². The van der Waals surface area contributed by atoms with Crippen molar-refractivity contribution in [2.75, 3.05) is 0 Å². The molecule has 1 aromatic heterocycles. The molecule has 1 saturated carbocycles. The van der Waals surface area contributed by atoms with Gasteiger partial charge in [-0.2, -0.15) is 0 Å². The van der Waals surface area contributed by atoms with Crippen LogP contribution >= 0.6 is 0 Å². The average Bonchev–Trinajstić information content (AvgIpc) is 3.19. The lowest BCUT2D eigenvalue weighted by Crippen LogP contribution is -2.64. The van der Waals surface area contributed by atoms with Crippen molar-refractivity contribution in [1.82, 2.24) is 0 Å². The first kappa shape index (κ1) is 24.6. The third-order valence-corrected chi connectivity index (χ3v) is 9.18. The molecule has 7 nitrogen and oxygen atoms in total. The minimum Gasteiger partial charge on any atom is -0.507 e. The first-order chi connectivity index (χ1) is 16.3. The minimum atomic E-state index is -0.998. The van der Waals surface area contributed by atoms with E-state index in [1.54, 1.807) is 13.8 Å². The number of phenolic OH excluding ortho intramolecular Hbond substituents is 1. The van der Waals surface area contributed by atoms with E-state index in [4.69, 9.17) is 13.9 Å². The number of phenols is 1. The molecule has 1 aliphatic carbocycles. The Morgan fingerprint density at radius 3 is 2.63 bits per heavy atom. The van der Waals surface area contributed by atoms with E-state index in [9.17, 15) is 20.1 Å². The van der Waals surface area contributed by atoms with Gasteiger partial charge >= 0.3 is 0 Å². The highest BCUT2D eigenvalue weighted by atomic mass is 16.5. The monoisotopic (exact) mass is 486 g/mol. The summed E-state index contributed by atoms with van der Waals surface area (Å²) >= 11 is 0. The zero-order chi connectivity index (χ0) is 25.5. The summed E-state index contributed by atoms with van der Waals surface area (Å²) in [7, 11) is 0. The average molecular weight is 487 g/mol. The Morgan fingerprint density at radius 1 is 1.26 bits per heavy atom. The number of aromatic hydroxyl groups is 1. The van der Waals surface area contributed by atoms with Crippen molar-refractivity contribution in [3.63, 3.8) is 0 Å². The molecule has 7 heteroatoms. The smallest absolute Gasteiger partial charge is 0.177 e. The molecule has 3 aliphatic rings. The highest BCUT2D eigenvalue weighted by Crippen LogP contribution is 2.63. The summed E-state index contributed by atoms with van der Waals surface area (Å²) < 4.78 is 18.9. The van der Waals surface area contributed by atoms with Gasteiger partial charge in [0.2, 0.25) is 0 Å². The van der Waals surface area contributed by atoms with Gasteiger partial charge in [0.15, 0.2) is 17.1 Å². The number of aliphatic hydroxyl groups excluding tert-OH is 1. The van der Waals surface area contributed by atoms with Crippen LogP contribution in [0, 0.1) is 17.3 Å². The number of ketones is 1. The van der Waals surface area contributed by atoms with Gasteiger partial charge in [-0.25, -0.2) is 0 Å². The zero-order valence-corrected chi connectivity index (χ0v) is 21.6. The summed E-state index contributed by atoms with van der Waals surface area (Å²) in [4.78, 5) is 12.9. The topological polar surface area (TPSA) is 109 Å². The molecule has 0 radical (unpaired) electrons. The predicted molar refractivity (Wildman–Crippen MR) is 131 cm³/mol. The Balaban J connectivity index is 1.58. The molecule has 35 heavy (non-hydrogen) atoms. The number of fused-ring (bicyclic) bond motifs is 6. The lowest BCUT2D eigenvalue weighted by atomic mass is 9.53. The van der Waals surface area contributed by atoms with E-state index < -0.39 is 22.7 Å². The first-order valence-corrected chi connectivity index (χ1v) is 12.9. The Labute approximate surface area is 206 Å². The van der Waals surface area contributed by atoms with Gasteiger partial charge in [0, 0.05) is 22.6 Å². The van der Waals surface area contributed by atoms with E-state index in [2.05, 4.69) is 6.92 Å². The number of carbonyl (C=O) groups is 1. The molecular weight excluding hydrogens is 448 g/mol. The Morgan fingerprint density at radius 2 is 1.97 bits per heavy atom. The normalized spacial score (nSPS) is 35.5. The van der Waals surface area contributed by atoms with Gasteiger partial charge in [0.1, 0.15) is 17.6 Å². The summed E-state index contributed by atoms with van der Waals surface area (Å²) in [5, 5.41) is 33.9.